The van der Waals surface area contributed by atoms with Crippen LogP contribution in [0, 0.1) is 5.92 Å². The topological polar surface area (TPSA) is 78.4 Å². The molecule has 0 saturated carbocycles. The first kappa shape index (κ1) is 12.8. The van der Waals surface area contributed by atoms with Gasteiger partial charge in [0.15, 0.2) is 0 Å². The zero-order valence-corrected chi connectivity index (χ0v) is 9.82. The molecule has 1 aliphatic heterocycles. The van der Waals surface area contributed by atoms with Crippen LogP contribution in [0.25, 0.3) is 0 Å². The number of urea groups is 1. The number of carboxylic acid groups (broad SMARTS) is 1. The maximum Gasteiger partial charge on any atom is 0.315 e. The van der Waals surface area contributed by atoms with Crippen LogP contribution in [0.15, 0.2) is 0 Å². The predicted octanol–water partition coefficient (Wildman–Crippen LogP) is 1.34. The summed E-state index contributed by atoms with van der Waals surface area (Å²) in [6.45, 7) is 3.70. The van der Waals surface area contributed by atoms with Crippen molar-refractivity contribution in [3.05, 3.63) is 0 Å². The SMILES string of the molecule is C[C@@H]1NC(=O)N[C@H]1CCCC[C@H](C)C(=O)O. The molecule has 0 unspecified atom stereocenters. The van der Waals surface area contributed by atoms with Crippen molar-refractivity contribution in [2.45, 2.75) is 51.6 Å². The Labute approximate surface area is 95.6 Å². The van der Waals surface area contributed by atoms with Crippen molar-refractivity contribution in [3.8, 4) is 0 Å². The van der Waals surface area contributed by atoms with E-state index in [0.29, 0.717) is 6.42 Å². The Morgan fingerprint density at radius 1 is 1.44 bits per heavy atom. The van der Waals surface area contributed by atoms with Gasteiger partial charge in [-0.05, 0) is 19.8 Å². The molecule has 5 heteroatoms. The summed E-state index contributed by atoms with van der Waals surface area (Å²) in [7, 11) is 0. The lowest BCUT2D eigenvalue weighted by Gasteiger charge is -2.14. The third-order valence-corrected chi connectivity index (χ3v) is 3.10. The molecular weight excluding hydrogens is 208 g/mol. The summed E-state index contributed by atoms with van der Waals surface area (Å²) in [5.74, 6) is -1.00. The van der Waals surface area contributed by atoms with Gasteiger partial charge in [-0.2, -0.15) is 0 Å². The summed E-state index contributed by atoms with van der Waals surface area (Å²) >= 11 is 0. The number of hydrogen-bond donors (Lipinski definition) is 3. The van der Waals surface area contributed by atoms with E-state index in [2.05, 4.69) is 10.6 Å². The molecule has 1 aliphatic rings. The van der Waals surface area contributed by atoms with E-state index in [1.807, 2.05) is 6.92 Å². The van der Waals surface area contributed by atoms with E-state index in [0.717, 1.165) is 19.3 Å². The molecular formula is C11H20N2O3. The van der Waals surface area contributed by atoms with Crippen LogP contribution in [0.4, 0.5) is 4.79 Å². The fourth-order valence-electron chi connectivity index (χ4n) is 1.90. The molecule has 1 saturated heterocycles. The molecule has 92 valence electrons. The Morgan fingerprint density at radius 2 is 2.12 bits per heavy atom. The molecule has 3 N–H and O–H groups in total. The average Bonchev–Trinajstić information content (AvgIpc) is 2.51. The quantitative estimate of drug-likeness (QED) is 0.600. The normalized spacial score (nSPS) is 26.0. The molecule has 1 fully saturated rings. The van der Waals surface area contributed by atoms with Gasteiger partial charge in [-0.3, -0.25) is 4.79 Å². The molecule has 0 bridgehead atoms. The highest BCUT2D eigenvalue weighted by Crippen LogP contribution is 2.13. The van der Waals surface area contributed by atoms with Gasteiger partial charge in [-0.15, -0.1) is 0 Å². The van der Waals surface area contributed by atoms with Crippen molar-refractivity contribution in [2.24, 2.45) is 5.92 Å². The first-order valence-electron chi connectivity index (χ1n) is 5.80. The van der Waals surface area contributed by atoms with Crippen LogP contribution in [0.5, 0.6) is 0 Å². The molecule has 0 spiro atoms. The minimum Gasteiger partial charge on any atom is -0.481 e. The van der Waals surface area contributed by atoms with E-state index in [1.165, 1.54) is 0 Å². The highest BCUT2D eigenvalue weighted by Gasteiger charge is 2.26. The molecule has 2 amide bonds. The van der Waals surface area contributed by atoms with Crippen molar-refractivity contribution in [1.82, 2.24) is 10.6 Å². The van der Waals surface area contributed by atoms with Crippen molar-refractivity contribution >= 4 is 12.0 Å². The minimum absolute atomic E-state index is 0.101. The van der Waals surface area contributed by atoms with Gasteiger partial charge in [0.25, 0.3) is 0 Å². The first-order valence-corrected chi connectivity index (χ1v) is 5.80. The van der Waals surface area contributed by atoms with E-state index in [4.69, 9.17) is 5.11 Å². The van der Waals surface area contributed by atoms with E-state index in [9.17, 15) is 9.59 Å². The van der Waals surface area contributed by atoms with Crippen molar-refractivity contribution < 1.29 is 14.7 Å². The summed E-state index contributed by atoms with van der Waals surface area (Å²) in [5, 5.41) is 14.3. The fraction of sp³-hybridized carbons (Fsp3) is 0.818. The Bertz CT molecular complexity index is 268. The van der Waals surface area contributed by atoms with Crippen molar-refractivity contribution in [1.29, 1.82) is 0 Å². The monoisotopic (exact) mass is 228 g/mol. The lowest BCUT2D eigenvalue weighted by atomic mass is 10.00. The number of rotatable bonds is 6. The Hall–Kier alpha value is -1.26. The van der Waals surface area contributed by atoms with Gasteiger partial charge < -0.3 is 15.7 Å². The smallest absolute Gasteiger partial charge is 0.315 e. The number of carbonyl (C=O) groups is 2. The largest absolute Gasteiger partial charge is 0.481 e. The number of hydrogen-bond acceptors (Lipinski definition) is 2. The number of carboxylic acids is 1. The number of carbonyl (C=O) groups excluding carboxylic acids is 1. The zero-order valence-electron chi connectivity index (χ0n) is 9.82. The van der Waals surface area contributed by atoms with Gasteiger partial charge in [0, 0.05) is 6.04 Å². The lowest BCUT2D eigenvalue weighted by molar-refractivity contribution is -0.141. The van der Waals surface area contributed by atoms with Gasteiger partial charge in [0.05, 0.1) is 12.0 Å². The van der Waals surface area contributed by atoms with Crippen LogP contribution in [0.1, 0.15) is 39.5 Å². The average molecular weight is 228 g/mol. The van der Waals surface area contributed by atoms with Crippen molar-refractivity contribution in [3.63, 3.8) is 0 Å². The van der Waals surface area contributed by atoms with Crippen LogP contribution in [-0.4, -0.2) is 29.2 Å². The second kappa shape index (κ2) is 5.72. The van der Waals surface area contributed by atoms with Crippen LogP contribution < -0.4 is 10.6 Å². The highest BCUT2D eigenvalue weighted by molar-refractivity contribution is 5.77. The molecule has 1 heterocycles. The molecule has 0 aromatic heterocycles. The molecule has 0 radical (unpaired) electrons. The van der Waals surface area contributed by atoms with E-state index in [-0.39, 0.29) is 24.0 Å². The Morgan fingerprint density at radius 3 is 2.62 bits per heavy atom. The van der Waals surface area contributed by atoms with E-state index < -0.39 is 5.97 Å². The molecule has 0 aliphatic carbocycles. The van der Waals surface area contributed by atoms with Gasteiger partial charge in [-0.25, -0.2) is 4.79 Å². The second-order valence-corrected chi connectivity index (χ2v) is 4.54. The summed E-state index contributed by atoms with van der Waals surface area (Å²) in [5.41, 5.74) is 0. The van der Waals surface area contributed by atoms with Crippen LogP contribution in [0.3, 0.4) is 0 Å². The van der Waals surface area contributed by atoms with E-state index in [1.54, 1.807) is 6.92 Å². The van der Waals surface area contributed by atoms with E-state index >= 15 is 0 Å². The highest BCUT2D eigenvalue weighted by atomic mass is 16.4. The Balaban J connectivity index is 2.12. The van der Waals surface area contributed by atoms with Gasteiger partial charge >= 0.3 is 12.0 Å². The Kier molecular flexibility index (Phi) is 4.58. The van der Waals surface area contributed by atoms with Gasteiger partial charge in [-0.1, -0.05) is 19.8 Å². The van der Waals surface area contributed by atoms with Crippen LogP contribution in [0.2, 0.25) is 0 Å². The zero-order chi connectivity index (χ0) is 12.1. The lowest BCUT2D eigenvalue weighted by Crippen LogP contribution is -2.30. The summed E-state index contributed by atoms with van der Waals surface area (Å²) in [6.07, 6.45) is 3.46. The van der Waals surface area contributed by atoms with Gasteiger partial charge in [0.1, 0.15) is 0 Å². The second-order valence-electron chi connectivity index (χ2n) is 4.54. The molecule has 0 aromatic rings. The summed E-state index contributed by atoms with van der Waals surface area (Å²) < 4.78 is 0. The summed E-state index contributed by atoms with van der Waals surface area (Å²) in [6, 6.07) is 0.258. The predicted molar refractivity (Wildman–Crippen MR) is 60.2 cm³/mol. The van der Waals surface area contributed by atoms with Crippen LogP contribution in [-0.2, 0) is 4.79 Å². The minimum atomic E-state index is -0.732. The first-order chi connectivity index (χ1) is 7.50. The fourth-order valence-corrected chi connectivity index (χ4v) is 1.90. The molecule has 5 nitrogen and oxygen atoms in total. The standard InChI is InChI=1S/C11H20N2O3/c1-7(10(14)15)5-3-4-6-9-8(2)12-11(16)13-9/h7-9H,3-6H2,1-2H3,(H,14,15)(H2,12,13,16)/t7-,8-,9-/m0/s1. The number of amides is 2. The molecule has 3 atom stereocenters. The third-order valence-electron chi connectivity index (χ3n) is 3.10. The summed E-state index contributed by atoms with van der Waals surface area (Å²) in [4.78, 5) is 21.6. The molecule has 0 aromatic carbocycles. The number of nitrogens with one attached hydrogen (secondary N) is 2. The van der Waals surface area contributed by atoms with Crippen LogP contribution >= 0.6 is 0 Å². The molecule has 1 rings (SSSR count). The van der Waals surface area contributed by atoms with Gasteiger partial charge in [0.2, 0.25) is 0 Å². The number of unbranched alkanes of at least 4 members (excludes halogenated alkanes) is 1. The third kappa shape index (κ3) is 3.72. The number of aliphatic carboxylic acids is 1. The van der Waals surface area contributed by atoms with Crippen molar-refractivity contribution in [2.75, 3.05) is 0 Å². The molecule has 16 heavy (non-hydrogen) atoms. The maximum absolute atomic E-state index is 11.0. The maximum atomic E-state index is 11.0.